The van der Waals surface area contributed by atoms with Crippen molar-refractivity contribution in [2.24, 2.45) is 11.3 Å². The van der Waals surface area contributed by atoms with Crippen LogP contribution in [0.1, 0.15) is 19.3 Å². The van der Waals surface area contributed by atoms with Gasteiger partial charge in [0.15, 0.2) is 0 Å². The lowest BCUT2D eigenvalue weighted by atomic mass is 9.91. The van der Waals surface area contributed by atoms with Crippen molar-refractivity contribution in [2.75, 3.05) is 46.9 Å². The van der Waals surface area contributed by atoms with Gasteiger partial charge in [-0.05, 0) is 37.8 Å². The van der Waals surface area contributed by atoms with Crippen molar-refractivity contribution >= 4 is 11.8 Å². The lowest BCUT2D eigenvalue weighted by Gasteiger charge is -2.25. The van der Waals surface area contributed by atoms with Crippen LogP contribution >= 0.6 is 0 Å². The van der Waals surface area contributed by atoms with Crippen LogP contribution in [0, 0.1) is 11.3 Å². The number of methoxy groups -OCH3 is 1. The summed E-state index contributed by atoms with van der Waals surface area (Å²) in [6.07, 6.45) is 3.15. The zero-order valence-electron chi connectivity index (χ0n) is 12.4. The minimum absolute atomic E-state index is 0.119. The topological polar surface area (TPSA) is 70.7 Å². The van der Waals surface area contributed by atoms with Gasteiger partial charge in [0.25, 0.3) is 0 Å². The van der Waals surface area contributed by atoms with Crippen LogP contribution < -0.4 is 10.6 Å². The Morgan fingerprint density at radius 1 is 1.40 bits per heavy atom. The van der Waals surface area contributed by atoms with E-state index in [-0.39, 0.29) is 29.7 Å². The van der Waals surface area contributed by atoms with Crippen molar-refractivity contribution in [1.82, 2.24) is 15.5 Å². The molecule has 20 heavy (non-hydrogen) atoms. The zero-order chi connectivity index (χ0) is 14.6. The molecule has 1 aliphatic carbocycles. The van der Waals surface area contributed by atoms with Crippen molar-refractivity contribution in [3.05, 3.63) is 0 Å². The molecule has 2 rings (SSSR count). The van der Waals surface area contributed by atoms with E-state index < -0.39 is 0 Å². The van der Waals surface area contributed by atoms with Gasteiger partial charge in [0.2, 0.25) is 11.8 Å². The molecule has 1 spiro atoms. The highest BCUT2D eigenvalue weighted by Gasteiger charge is 2.58. The molecule has 0 aromatic heterocycles. The fraction of sp³-hybridized carbons (Fsp3) is 0.857. The SMILES string of the molecule is COCCNC(=O)CN(C)C(=O)C1CC12CCNCC2. The van der Waals surface area contributed by atoms with Gasteiger partial charge in [-0.25, -0.2) is 0 Å². The fourth-order valence-corrected chi connectivity index (χ4v) is 3.08. The normalized spacial score (nSPS) is 23.4. The van der Waals surface area contributed by atoms with E-state index in [0.29, 0.717) is 13.2 Å². The second kappa shape index (κ2) is 6.54. The lowest BCUT2D eigenvalue weighted by Crippen LogP contribution is -2.41. The van der Waals surface area contributed by atoms with Gasteiger partial charge in [-0.3, -0.25) is 9.59 Å². The summed E-state index contributed by atoms with van der Waals surface area (Å²) < 4.78 is 4.87. The quantitative estimate of drug-likeness (QED) is 0.651. The van der Waals surface area contributed by atoms with E-state index in [1.807, 2.05) is 0 Å². The number of amides is 2. The number of hydrogen-bond donors (Lipinski definition) is 2. The minimum atomic E-state index is -0.127. The third kappa shape index (κ3) is 3.49. The smallest absolute Gasteiger partial charge is 0.239 e. The number of piperidine rings is 1. The third-order valence-corrected chi connectivity index (χ3v) is 4.47. The van der Waals surface area contributed by atoms with E-state index in [0.717, 1.165) is 32.4 Å². The Hall–Kier alpha value is -1.14. The Morgan fingerprint density at radius 2 is 2.10 bits per heavy atom. The molecule has 0 bridgehead atoms. The Kier molecular flexibility index (Phi) is 4.99. The summed E-state index contributed by atoms with van der Waals surface area (Å²) in [6, 6.07) is 0. The number of carbonyl (C=O) groups is 2. The molecule has 1 saturated heterocycles. The van der Waals surface area contributed by atoms with Crippen molar-refractivity contribution < 1.29 is 14.3 Å². The summed E-state index contributed by atoms with van der Waals surface area (Å²) in [7, 11) is 3.30. The number of ether oxygens (including phenoxy) is 1. The van der Waals surface area contributed by atoms with Gasteiger partial charge >= 0.3 is 0 Å². The number of rotatable bonds is 6. The standard InChI is InChI=1S/C14H25N3O3/c1-17(10-12(18)16-7-8-20-2)13(19)11-9-14(11)3-5-15-6-4-14/h11,15H,3-10H2,1-2H3,(H,16,18). The van der Waals surface area contributed by atoms with Crippen LogP contribution in [-0.2, 0) is 14.3 Å². The predicted octanol–water partition coefficient (Wildman–Crippen LogP) is -0.403. The maximum absolute atomic E-state index is 12.3. The highest BCUT2D eigenvalue weighted by atomic mass is 16.5. The molecule has 6 heteroatoms. The molecule has 2 N–H and O–H groups in total. The Labute approximate surface area is 120 Å². The van der Waals surface area contributed by atoms with E-state index in [1.165, 1.54) is 0 Å². The predicted molar refractivity (Wildman–Crippen MR) is 75.2 cm³/mol. The summed E-state index contributed by atoms with van der Waals surface area (Å²) in [6.45, 7) is 3.11. The maximum Gasteiger partial charge on any atom is 0.239 e. The van der Waals surface area contributed by atoms with Gasteiger partial charge in [-0.2, -0.15) is 0 Å². The minimum Gasteiger partial charge on any atom is -0.383 e. The highest BCUT2D eigenvalue weighted by molar-refractivity contribution is 5.87. The average Bonchev–Trinajstić information content (AvgIpc) is 3.12. The van der Waals surface area contributed by atoms with Crippen molar-refractivity contribution in [3.8, 4) is 0 Å². The van der Waals surface area contributed by atoms with E-state index in [1.54, 1.807) is 19.1 Å². The van der Waals surface area contributed by atoms with Crippen LogP contribution in [0.5, 0.6) is 0 Å². The van der Waals surface area contributed by atoms with Crippen LogP contribution in [0.4, 0.5) is 0 Å². The van der Waals surface area contributed by atoms with Crippen LogP contribution in [-0.4, -0.2) is 63.7 Å². The van der Waals surface area contributed by atoms with Crippen molar-refractivity contribution in [3.63, 3.8) is 0 Å². The molecule has 1 heterocycles. The maximum atomic E-state index is 12.3. The highest BCUT2D eigenvalue weighted by Crippen LogP contribution is 2.59. The Bertz CT molecular complexity index is 367. The van der Waals surface area contributed by atoms with E-state index in [2.05, 4.69) is 10.6 Å². The van der Waals surface area contributed by atoms with E-state index in [4.69, 9.17) is 4.74 Å². The van der Waals surface area contributed by atoms with Gasteiger partial charge in [-0.1, -0.05) is 0 Å². The molecule has 0 radical (unpaired) electrons. The molecule has 0 aromatic carbocycles. The zero-order valence-corrected chi connectivity index (χ0v) is 12.4. The second-order valence-corrected chi connectivity index (χ2v) is 5.91. The molecule has 1 aliphatic heterocycles. The van der Waals surface area contributed by atoms with Crippen molar-refractivity contribution in [1.29, 1.82) is 0 Å². The molecule has 6 nitrogen and oxygen atoms in total. The first-order chi connectivity index (χ1) is 9.59. The number of hydrogen-bond acceptors (Lipinski definition) is 4. The van der Waals surface area contributed by atoms with Gasteiger partial charge < -0.3 is 20.3 Å². The molecule has 2 aliphatic rings. The number of likely N-dealkylation sites (N-methyl/N-ethyl adjacent to an activating group) is 1. The summed E-state index contributed by atoms with van der Waals surface area (Å²) in [4.78, 5) is 25.6. The summed E-state index contributed by atoms with van der Waals surface area (Å²) in [5.74, 6) is 0.119. The number of carbonyl (C=O) groups excluding carboxylic acids is 2. The average molecular weight is 283 g/mol. The lowest BCUT2D eigenvalue weighted by molar-refractivity contribution is -0.136. The molecule has 1 saturated carbocycles. The van der Waals surface area contributed by atoms with Crippen molar-refractivity contribution in [2.45, 2.75) is 19.3 Å². The van der Waals surface area contributed by atoms with E-state index >= 15 is 0 Å². The monoisotopic (exact) mass is 283 g/mol. The van der Waals surface area contributed by atoms with Crippen LogP contribution in [0.15, 0.2) is 0 Å². The molecule has 1 unspecified atom stereocenters. The molecular formula is C14H25N3O3. The van der Waals surface area contributed by atoms with Crippen LogP contribution in [0.3, 0.4) is 0 Å². The fourth-order valence-electron chi connectivity index (χ4n) is 3.08. The number of nitrogens with zero attached hydrogens (tertiary/aromatic N) is 1. The Balaban J connectivity index is 1.74. The molecule has 114 valence electrons. The van der Waals surface area contributed by atoms with Crippen LogP contribution in [0.25, 0.3) is 0 Å². The van der Waals surface area contributed by atoms with Gasteiger partial charge in [0.1, 0.15) is 0 Å². The van der Waals surface area contributed by atoms with Gasteiger partial charge in [0, 0.05) is 26.6 Å². The summed E-state index contributed by atoms with van der Waals surface area (Å²) in [5.41, 5.74) is 0.225. The summed E-state index contributed by atoms with van der Waals surface area (Å²) >= 11 is 0. The molecule has 0 aromatic rings. The molecule has 2 fully saturated rings. The first-order valence-corrected chi connectivity index (χ1v) is 7.30. The summed E-state index contributed by atoms with van der Waals surface area (Å²) in [5, 5.41) is 6.06. The molecule has 1 atom stereocenters. The first-order valence-electron chi connectivity index (χ1n) is 7.30. The number of nitrogens with one attached hydrogen (secondary N) is 2. The Morgan fingerprint density at radius 3 is 2.75 bits per heavy atom. The largest absolute Gasteiger partial charge is 0.383 e. The van der Waals surface area contributed by atoms with E-state index in [9.17, 15) is 9.59 Å². The third-order valence-electron chi connectivity index (χ3n) is 4.47. The molecular weight excluding hydrogens is 258 g/mol. The molecule has 2 amide bonds. The van der Waals surface area contributed by atoms with Gasteiger partial charge in [0.05, 0.1) is 13.2 Å². The van der Waals surface area contributed by atoms with Crippen LogP contribution in [0.2, 0.25) is 0 Å². The second-order valence-electron chi connectivity index (χ2n) is 5.91. The van der Waals surface area contributed by atoms with Gasteiger partial charge in [-0.15, -0.1) is 0 Å². The first kappa shape index (κ1) is 15.3.